The molecule has 0 bridgehead atoms. The normalized spacial score (nSPS) is 23.2. The maximum absolute atomic E-state index is 12.2. The Morgan fingerprint density at radius 1 is 1.29 bits per heavy atom. The first-order valence-corrected chi connectivity index (χ1v) is 8.66. The Balaban J connectivity index is 1.55. The summed E-state index contributed by atoms with van der Waals surface area (Å²) < 4.78 is 5.31. The number of rotatable bonds is 4. The fourth-order valence-corrected chi connectivity index (χ4v) is 3.43. The van der Waals surface area contributed by atoms with Gasteiger partial charge in [0.25, 0.3) is 0 Å². The Kier molecular flexibility index (Phi) is 5.01. The van der Waals surface area contributed by atoms with Crippen LogP contribution in [0.1, 0.15) is 69.1 Å². The van der Waals surface area contributed by atoms with Gasteiger partial charge in [-0.15, -0.1) is 0 Å². The molecular formula is C16H24N4O4. The van der Waals surface area contributed by atoms with Gasteiger partial charge < -0.3 is 19.8 Å². The van der Waals surface area contributed by atoms with Crippen molar-refractivity contribution >= 4 is 12.0 Å². The number of amides is 2. The first-order valence-electron chi connectivity index (χ1n) is 8.66. The van der Waals surface area contributed by atoms with Gasteiger partial charge in [0.2, 0.25) is 5.89 Å². The molecule has 2 amide bonds. The largest absolute Gasteiger partial charge is 0.481 e. The van der Waals surface area contributed by atoms with Crippen molar-refractivity contribution in [2.45, 2.75) is 57.4 Å². The molecule has 2 atom stereocenters. The van der Waals surface area contributed by atoms with Crippen LogP contribution in [0.4, 0.5) is 4.79 Å². The van der Waals surface area contributed by atoms with E-state index in [1.165, 1.54) is 24.2 Å². The number of urea groups is 1. The number of likely N-dealkylation sites (tertiary alicyclic amines) is 1. The molecule has 24 heavy (non-hydrogen) atoms. The Morgan fingerprint density at radius 2 is 2.04 bits per heavy atom. The fourth-order valence-electron chi connectivity index (χ4n) is 3.43. The molecule has 3 rings (SSSR count). The van der Waals surface area contributed by atoms with Gasteiger partial charge in [0.05, 0.1) is 5.92 Å². The summed E-state index contributed by atoms with van der Waals surface area (Å²) >= 11 is 0. The van der Waals surface area contributed by atoms with Gasteiger partial charge in [0.15, 0.2) is 5.82 Å². The summed E-state index contributed by atoms with van der Waals surface area (Å²) in [6.45, 7) is 2.48. The molecular weight excluding hydrogens is 312 g/mol. The molecule has 2 fully saturated rings. The lowest BCUT2D eigenvalue weighted by atomic mass is 9.89. The maximum Gasteiger partial charge on any atom is 0.318 e. The highest BCUT2D eigenvalue weighted by atomic mass is 16.5. The maximum atomic E-state index is 12.2. The van der Waals surface area contributed by atoms with E-state index in [1.54, 1.807) is 6.92 Å². The van der Waals surface area contributed by atoms with Gasteiger partial charge in [-0.3, -0.25) is 4.79 Å². The van der Waals surface area contributed by atoms with Crippen LogP contribution in [0.15, 0.2) is 4.52 Å². The summed E-state index contributed by atoms with van der Waals surface area (Å²) in [5, 5.41) is 15.9. The van der Waals surface area contributed by atoms with Crippen molar-refractivity contribution in [2.24, 2.45) is 5.92 Å². The first-order chi connectivity index (χ1) is 11.5. The molecule has 0 radical (unpaired) electrons. The third-order valence-electron chi connectivity index (χ3n) is 4.96. The second-order valence-electron chi connectivity index (χ2n) is 6.77. The number of carbonyl (C=O) groups excluding carboxylic acids is 1. The molecule has 1 saturated carbocycles. The number of nitrogens with one attached hydrogen (secondary N) is 1. The number of carboxylic acids is 1. The number of carboxylic acid groups (broad SMARTS) is 1. The van der Waals surface area contributed by atoms with E-state index in [4.69, 9.17) is 9.63 Å². The highest BCUT2D eigenvalue weighted by Gasteiger charge is 2.32. The molecule has 2 aliphatic rings. The molecule has 1 saturated heterocycles. The Labute approximate surface area is 140 Å². The summed E-state index contributed by atoms with van der Waals surface area (Å²) in [5.74, 6) is 0.157. The number of aliphatic carboxylic acids is 1. The molecule has 0 aromatic carbocycles. The lowest BCUT2D eigenvalue weighted by molar-refractivity contribution is -0.141. The van der Waals surface area contributed by atoms with Crippen molar-refractivity contribution in [3.8, 4) is 0 Å². The molecule has 2 unspecified atom stereocenters. The van der Waals surface area contributed by atoms with Crippen molar-refractivity contribution in [1.82, 2.24) is 20.4 Å². The van der Waals surface area contributed by atoms with Crippen molar-refractivity contribution in [1.29, 1.82) is 0 Å². The lowest BCUT2D eigenvalue weighted by Gasteiger charge is -2.19. The molecule has 2 N–H and O–H groups in total. The van der Waals surface area contributed by atoms with Crippen molar-refractivity contribution in [3.63, 3.8) is 0 Å². The second-order valence-corrected chi connectivity index (χ2v) is 6.77. The van der Waals surface area contributed by atoms with Crippen LogP contribution in [-0.2, 0) is 4.79 Å². The second kappa shape index (κ2) is 7.19. The summed E-state index contributed by atoms with van der Waals surface area (Å²) in [4.78, 5) is 29.2. The summed E-state index contributed by atoms with van der Waals surface area (Å²) in [6, 6.07) is -0.685. The van der Waals surface area contributed by atoms with E-state index in [9.17, 15) is 9.59 Å². The van der Waals surface area contributed by atoms with E-state index >= 15 is 0 Å². The zero-order valence-corrected chi connectivity index (χ0v) is 13.9. The first kappa shape index (κ1) is 16.7. The highest BCUT2D eigenvalue weighted by Crippen LogP contribution is 2.31. The molecule has 8 nitrogen and oxygen atoms in total. The average molecular weight is 336 g/mol. The standard InChI is InChI=1S/C16H24N4O4/c1-10(17-16(23)20-8-7-12(9-20)15(21)22)14-18-13(19-24-14)11-5-3-2-4-6-11/h10-12H,2-9H2,1H3,(H,17,23)(H,21,22). The van der Waals surface area contributed by atoms with Crippen LogP contribution in [0.25, 0.3) is 0 Å². The number of carbonyl (C=O) groups is 2. The molecule has 1 aliphatic carbocycles. The predicted molar refractivity (Wildman–Crippen MR) is 84.4 cm³/mol. The smallest absolute Gasteiger partial charge is 0.318 e. The predicted octanol–water partition coefficient (Wildman–Crippen LogP) is 2.29. The zero-order chi connectivity index (χ0) is 17.1. The highest BCUT2D eigenvalue weighted by molar-refractivity contribution is 5.77. The van der Waals surface area contributed by atoms with Crippen LogP contribution in [-0.4, -0.2) is 45.2 Å². The van der Waals surface area contributed by atoms with E-state index in [0.717, 1.165) is 18.7 Å². The third-order valence-corrected chi connectivity index (χ3v) is 4.96. The Morgan fingerprint density at radius 3 is 2.71 bits per heavy atom. The Bertz CT molecular complexity index is 597. The van der Waals surface area contributed by atoms with Crippen LogP contribution < -0.4 is 5.32 Å². The quantitative estimate of drug-likeness (QED) is 0.873. The zero-order valence-electron chi connectivity index (χ0n) is 13.9. The summed E-state index contributed by atoms with van der Waals surface area (Å²) in [7, 11) is 0. The van der Waals surface area contributed by atoms with Crippen molar-refractivity contribution < 1.29 is 19.2 Å². The van der Waals surface area contributed by atoms with E-state index in [1.807, 2.05) is 0 Å². The van der Waals surface area contributed by atoms with Gasteiger partial charge in [0.1, 0.15) is 6.04 Å². The van der Waals surface area contributed by atoms with Crippen LogP contribution >= 0.6 is 0 Å². The van der Waals surface area contributed by atoms with Crippen LogP contribution in [0.5, 0.6) is 0 Å². The minimum atomic E-state index is -0.854. The van der Waals surface area contributed by atoms with Gasteiger partial charge in [-0.2, -0.15) is 4.98 Å². The van der Waals surface area contributed by atoms with Crippen LogP contribution in [0.2, 0.25) is 0 Å². The van der Waals surface area contributed by atoms with Gasteiger partial charge in [-0.25, -0.2) is 4.79 Å². The lowest BCUT2D eigenvalue weighted by Crippen LogP contribution is -2.40. The van der Waals surface area contributed by atoms with Gasteiger partial charge in [-0.1, -0.05) is 24.4 Å². The van der Waals surface area contributed by atoms with Crippen molar-refractivity contribution in [2.75, 3.05) is 13.1 Å². The fraction of sp³-hybridized carbons (Fsp3) is 0.750. The molecule has 8 heteroatoms. The molecule has 132 valence electrons. The average Bonchev–Trinajstić information content (AvgIpc) is 3.25. The molecule has 0 spiro atoms. The molecule has 1 aromatic rings. The minimum absolute atomic E-state index is 0.241. The summed E-state index contributed by atoms with van der Waals surface area (Å²) in [6.07, 6.45) is 6.32. The number of hydrogen-bond acceptors (Lipinski definition) is 5. The topological polar surface area (TPSA) is 109 Å². The van der Waals surface area contributed by atoms with Gasteiger partial charge in [-0.05, 0) is 26.2 Å². The van der Waals surface area contributed by atoms with Crippen LogP contribution in [0, 0.1) is 5.92 Å². The van der Waals surface area contributed by atoms with E-state index in [2.05, 4.69) is 15.5 Å². The molecule has 2 heterocycles. The van der Waals surface area contributed by atoms with Gasteiger partial charge >= 0.3 is 12.0 Å². The number of hydrogen-bond donors (Lipinski definition) is 2. The Hall–Kier alpha value is -2.12. The third kappa shape index (κ3) is 3.68. The summed E-state index contributed by atoms with van der Waals surface area (Å²) in [5.41, 5.74) is 0. The molecule has 1 aromatic heterocycles. The van der Waals surface area contributed by atoms with E-state index < -0.39 is 17.9 Å². The van der Waals surface area contributed by atoms with E-state index in [-0.39, 0.29) is 12.6 Å². The minimum Gasteiger partial charge on any atom is -0.481 e. The van der Waals surface area contributed by atoms with Gasteiger partial charge in [0, 0.05) is 19.0 Å². The molecule has 1 aliphatic heterocycles. The SMILES string of the molecule is CC(NC(=O)N1CCC(C(=O)O)C1)c1nc(C2CCCCC2)no1. The van der Waals surface area contributed by atoms with Crippen molar-refractivity contribution in [3.05, 3.63) is 11.7 Å². The van der Waals surface area contributed by atoms with Crippen LogP contribution in [0.3, 0.4) is 0 Å². The number of nitrogens with zero attached hydrogens (tertiary/aromatic N) is 3. The number of aromatic nitrogens is 2. The van der Waals surface area contributed by atoms with E-state index in [0.29, 0.717) is 24.8 Å². The monoisotopic (exact) mass is 336 g/mol.